The number of nitrogens with one attached hydrogen (secondary N) is 3. The number of ether oxygens (including phenoxy) is 2. The highest BCUT2D eigenvalue weighted by molar-refractivity contribution is 5.79. The molecule has 0 saturated heterocycles. The summed E-state index contributed by atoms with van der Waals surface area (Å²) in [6.45, 7) is 4.85. The lowest BCUT2D eigenvalue weighted by molar-refractivity contribution is -0.122. The summed E-state index contributed by atoms with van der Waals surface area (Å²) < 4.78 is 10.9. The number of carbonyl (C=O) groups excluding carboxylic acids is 1. The molecule has 1 amide bonds. The molecule has 3 N–H and O–H groups in total. The molecule has 0 heterocycles. The molecule has 29 heavy (non-hydrogen) atoms. The maximum Gasteiger partial charge on any atom is 0.257 e. The van der Waals surface area contributed by atoms with Gasteiger partial charge in [-0.2, -0.15) is 0 Å². The quantitative estimate of drug-likeness (QED) is 0.390. The molecule has 7 heteroatoms. The molecule has 2 rings (SSSR count). The van der Waals surface area contributed by atoms with Gasteiger partial charge in [0.2, 0.25) is 0 Å². The fraction of sp³-hybridized carbons (Fsp3) is 0.636. The third kappa shape index (κ3) is 7.93. The van der Waals surface area contributed by atoms with Gasteiger partial charge in [0, 0.05) is 40.4 Å². The van der Waals surface area contributed by atoms with Crippen molar-refractivity contribution >= 4 is 11.9 Å². The molecule has 0 aliphatic heterocycles. The van der Waals surface area contributed by atoms with Crippen molar-refractivity contribution in [2.24, 2.45) is 10.4 Å². The number of hydrogen-bond acceptors (Lipinski definition) is 4. The summed E-state index contributed by atoms with van der Waals surface area (Å²) in [5.74, 6) is 1.36. The fourth-order valence-corrected chi connectivity index (χ4v) is 3.78. The first-order valence-electron chi connectivity index (χ1n) is 10.5. The third-order valence-corrected chi connectivity index (χ3v) is 5.46. The second-order valence-corrected chi connectivity index (χ2v) is 7.62. The van der Waals surface area contributed by atoms with Crippen LogP contribution in [0.1, 0.15) is 44.6 Å². The van der Waals surface area contributed by atoms with Crippen molar-refractivity contribution in [1.82, 2.24) is 16.0 Å². The van der Waals surface area contributed by atoms with E-state index in [0.29, 0.717) is 24.3 Å². The number of likely N-dealkylation sites (N-methyl/N-ethyl adjacent to an activating group) is 1. The molecule has 0 unspecified atom stereocenters. The standard InChI is InChI=1S/C22H36N4O3/c1-4-24-20(27)16-29-19-9-7-8-18(14-19)15-25-21(23-2)26-17-22(12-13-28-3)10-5-6-11-22/h7-9,14H,4-6,10-13,15-17H2,1-3H3,(H,24,27)(H2,23,25,26). The number of methoxy groups -OCH3 is 1. The normalized spacial score (nSPS) is 15.8. The Morgan fingerprint density at radius 3 is 2.69 bits per heavy atom. The minimum Gasteiger partial charge on any atom is -0.484 e. The monoisotopic (exact) mass is 404 g/mol. The van der Waals surface area contributed by atoms with Gasteiger partial charge in [0.05, 0.1) is 0 Å². The maximum absolute atomic E-state index is 11.5. The van der Waals surface area contributed by atoms with E-state index in [1.54, 1.807) is 14.2 Å². The summed E-state index contributed by atoms with van der Waals surface area (Å²) in [5.41, 5.74) is 1.37. The fourth-order valence-electron chi connectivity index (χ4n) is 3.78. The van der Waals surface area contributed by atoms with Crippen molar-refractivity contribution in [1.29, 1.82) is 0 Å². The van der Waals surface area contributed by atoms with Crippen molar-refractivity contribution in [2.75, 3.05) is 40.5 Å². The minimum atomic E-state index is -0.116. The number of aliphatic imine (C=N–C) groups is 1. The molecular weight excluding hydrogens is 368 g/mol. The maximum atomic E-state index is 11.5. The van der Waals surface area contributed by atoms with E-state index in [9.17, 15) is 4.79 Å². The van der Waals surface area contributed by atoms with Crippen molar-refractivity contribution in [2.45, 2.75) is 45.6 Å². The van der Waals surface area contributed by atoms with Gasteiger partial charge in [-0.3, -0.25) is 9.79 Å². The van der Waals surface area contributed by atoms with Crippen molar-refractivity contribution in [3.8, 4) is 5.75 Å². The summed E-state index contributed by atoms with van der Waals surface area (Å²) in [6, 6.07) is 7.75. The van der Waals surface area contributed by atoms with E-state index in [0.717, 1.165) is 31.1 Å². The lowest BCUT2D eigenvalue weighted by Crippen LogP contribution is -2.43. The van der Waals surface area contributed by atoms with Crippen LogP contribution in [0, 0.1) is 5.41 Å². The van der Waals surface area contributed by atoms with Crippen LogP contribution in [0.25, 0.3) is 0 Å². The average Bonchev–Trinajstić information content (AvgIpc) is 3.20. The lowest BCUT2D eigenvalue weighted by Gasteiger charge is -2.30. The van der Waals surface area contributed by atoms with Crippen LogP contribution in [0.15, 0.2) is 29.3 Å². The van der Waals surface area contributed by atoms with Gasteiger partial charge in [-0.1, -0.05) is 25.0 Å². The van der Waals surface area contributed by atoms with E-state index in [-0.39, 0.29) is 12.5 Å². The second kappa shape index (κ2) is 12.3. The summed E-state index contributed by atoms with van der Waals surface area (Å²) in [4.78, 5) is 15.9. The Labute approximate surface area is 174 Å². The summed E-state index contributed by atoms with van der Waals surface area (Å²) in [7, 11) is 3.56. The van der Waals surface area contributed by atoms with Crippen LogP contribution in [0.2, 0.25) is 0 Å². The van der Waals surface area contributed by atoms with Gasteiger partial charge in [-0.25, -0.2) is 0 Å². The van der Waals surface area contributed by atoms with Crippen LogP contribution < -0.4 is 20.7 Å². The van der Waals surface area contributed by atoms with Gasteiger partial charge in [0.15, 0.2) is 12.6 Å². The zero-order valence-corrected chi connectivity index (χ0v) is 18.1. The van der Waals surface area contributed by atoms with E-state index in [1.165, 1.54) is 25.7 Å². The van der Waals surface area contributed by atoms with Crippen molar-refractivity contribution in [3.63, 3.8) is 0 Å². The predicted molar refractivity (Wildman–Crippen MR) is 116 cm³/mol. The molecule has 1 fully saturated rings. The first-order valence-corrected chi connectivity index (χ1v) is 10.5. The molecule has 0 atom stereocenters. The van der Waals surface area contributed by atoms with Crippen LogP contribution in [0.3, 0.4) is 0 Å². The third-order valence-electron chi connectivity index (χ3n) is 5.46. The molecule has 1 aliphatic carbocycles. The van der Waals surface area contributed by atoms with Crippen molar-refractivity contribution < 1.29 is 14.3 Å². The Kier molecular flexibility index (Phi) is 9.77. The number of rotatable bonds is 11. The minimum absolute atomic E-state index is 0.0253. The number of amides is 1. The molecule has 162 valence electrons. The molecule has 0 spiro atoms. The van der Waals surface area contributed by atoms with Crippen molar-refractivity contribution in [3.05, 3.63) is 29.8 Å². The Morgan fingerprint density at radius 2 is 2.00 bits per heavy atom. The SMILES string of the molecule is CCNC(=O)COc1cccc(CNC(=NC)NCC2(CCOC)CCCC2)c1. The summed E-state index contributed by atoms with van der Waals surface area (Å²) in [6.07, 6.45) is 6.15. The summed E-state index contributed by atoms with van der Waals surface area (Å²) in [5, 5.41) is 9.59. The lowest BCUT2D eigenvalue weighted by atomic mass is 9.83. The highest BCUT2D eigenvalue weighted by Crippen LogP contribution is 2.40. The highest BCUT2D eigenvalue weighted by Gasteiger charge is 2.33. The topological polar surface area (TPSA) is 84.0 Å². The number of benzene rings is 1. The molecule has 1 aromatic rings. The van der Waals surface area contributed by atoms with Gasteiger partial charge in [-0.15, -0.1) is 0 Å². The van der Waals surface area contributed by atoms with Gasteiger partial charge in [-0.05, 0) is 49.3 Å². The number of hydrogen-bond donors (Lipinski definition) is 3. The van der Waals surface area contributed by atoms with Crippen LogP contribution in [0.5, 0.6) is 5.75 Å². The van der Waals surface area contributed by atoms with E-state index in [1.807, 2.05) is 31.2 Å². The Hall–Kier alpha value is -2.28. The molecule has 7 nitrogen and oxygen atoms in total. The first kappa shape index (κ1) is 23.0. The largest absolute Gasteiger partial charge is 0.484 e. The molecule has 0 radical (unpaired) electrons. The van der Waals surface area contributed by atoms with Gasteiger partial charge in [0.25, 0.3) is 5.91 Å². The number of carbonyl (C=O) groups is 1. The van der Waals surface area contributed by atoms with Crippen LogP contribution in [-0.4, -0.2) is 52.3 Å². The van der Waals surface area contributed by atoms with E-state index in [4.69, 9.17) is 9.47 Å². The van der Waals surface area contributed by atoms with E-state index in [2.05, 4.69) is 20.9 Å². The second-order valence-electron chi connectivity index (χ2n) is 7.62. The number of guanidine groups is 1. The smallest absolute Gasteiger partial charge is 0.257 e. The van der Waals surface area contributed by atoms with E-state index < -0.39 is 0 Å². The van der Waals surface area contributed by atoms with E-state index >= 15 is 0 Å². The number of nitrogens with zero attached hydrogens (tertiary/aromatic N) is 1. The zero-order valence-electron chi connectivity index (χ0n) is 18.1. The Bertz CT molecular complexity index is 657. The Morgan fingerprint density at radius 1 is 1.21 bits per heavy atom. The van der Waals surface area contributed by atoms with Crippen LogP contribution in [0.4, 0.5) is 0 Å². The molecule has 0 aromatic heterocycles. The Balaban J connectivity index is 1.82. The van der Waals surface area contributed by atoms with Gasteiger partial charge >= 0.3 is 0 Å². The highest BCUT2D eigenvalue weighted by atomic mass is 16.5. The molecule has 1 aromatic carbocycles. The van der Waals surface area contributed by atoms with Crippen LogP contribution >= 0.6 is 0 Å². The molecule has 0 bridgehead atoms. The average molecular weight is 405 g/mol. The molecular formula is C22H36N4O3. The summed E-state index contributed by atoms with van der Waals surface area (Å²) >= 11 is 0. The molecule has 1 aliphatic rings. The predicted octanol–water partition coefficient (Wildman–Crippen LogP) is 2.46. The van der Waals surface area contributed by atoms with Gasteiger partial charge in [0.1, 0.15) is 5.75 Å². The van der Waals surface area contributed by atoms with Gasteiger partial charge < -0.3 is 25.4 Å². The first-order chi connectivity index (χ1) is 14.1. The zero-order chi connectivity index (χ0) is 21.0. The van der Waals surface area contributed by atoms with Crippen LogP contribution in [-0.2, 0) is 16.1 Å². The molecule has 1 saturated carbocycles.